The molecule has 0 aliphatic rings. The van der Waals surface area contributed by atoms with Crippen molar-refractivity contribution in [2.75, 3.05) is 0 Å². The fourth-order valence-electron chi connectivity index (χ4n) is 0.526. The fourth-order valence-corrected chi connectivity index (χ4v) is 1.06. The van der Waals surface area contributed by atoms with Gasteiger partial charge in [0.15, 0.2) is 0 Å². The van der Waals surface area contributed by atoms with E-state index < -0.39 is 7.60 Å². The number of hydrogen-bond acceptors (Lipinski definition) is 2. The Balaban J connectivity index is 2.66. The standard InChI is InChI=1S/C4H6N2O3P/c7-10(8,9)4-6-3-1-2-5-6/h2-3H,4H2,(H2,7,8,9). The fraction of sp³-hybridized carbons (Fsp3) is 0.250. The summed E-state index contributed by atoms with van der Waals surface area (Å²) >= 11 is 0. The average molecular weight is 161 g/mol. The third kappa shape index (κ3) is 2.31. The van der Waals surface area contributed by atoms with Crippen molar-refractivity contribution < 1.29 is 14.4 Å². The maximum absolute atomic E-state index is 10.3. The number of hydrogen-bond donors (Lipinski definition) is 2. The zero-order valence-electron chi connectivity index (χ0n) is 5.01. The van der Waals surface area contributed by atoms with E-state index in [2.05, 4.69) is 11.2 Å². The Kier molecular flexibility index (Phi) is 1.89. The Morgan fingerprint density at radius 3 is 2.80 bits per heavy atom. The lowest BCUT2D eigenvalue weighted by Crippen LogP contribution is -1.98. The van der Waals surface area contributed by atoms with Crippen molar-refractivity contribution in [1.82, 2.24) is 9.78 Å². The molecule has 0 spiro atoms. The predicted molar refractivity (Wildman–Crippen MR) is 33.1 cm³/mol. The van der Waals surface area contributed by atoms with E-state index in [-0.39, 0.29) is 6.29 Å². The molecule has 0 aliphatic heterocycles. The van der Waals surface area contributed by atoms with Gasteiger partial charge in [-0.2, -0.15) is 5.10 Å². The minimum Gasteiger partial charge on any atom is -0.323 e. The van der Waals surface area contributed by atoms with E-state index >= 15 is 0 Å². The van der Waals surface area contributed by atoms with Crippen LogP contribution in [0, 0.1) is 6.07 Å². The molecule has 0 aliphatic carbocycles. The van der Waals surface area contributed by atoms with E-state index in [1.807, 2.05) is 0 Å². The van der Waals surface area contributed by atoms with Gasteiger partial charge in [-0.05, 0) is 0 Å². The van der Waals surface area contributed by atoms with Crippen LogP contribution in [-0.4, -0.2) is 19.6 Å². The van der Waals surface area contributed by atoms with Crippen LogP contribution in [0.15, 0.2) is 12.4 Å². The molecular weight excluding hydrogens is 155 g/mol. The Hall–Kier alpha value is -0.640. The summed E-state index contributed by atoms with van der Waals surface area (Å²) < 4.78 is 11.5. The third-order valence-electron chi connectivity index (χ3n) is 0.833. The molecule has 0 aromatic carbocycles. The monoisotopic (exact) mass is 161 g/mol. The van der Waals surface area contributed by atoms with E-state index in [0.717, 1.165) is 4.68 Å². The first-order chi connectivity index (χ1) is 4.58. The van der Waals surface area contributed by atoms with Gasteiger partial charge in [-0.1, -0.05) is 0 Å². The van der Waals surface area contributed by atoms with E-state index in [4.69, 9.17) is 9.79 Å². The summed E-state index contributed by atoms with van der Waals surface area (Å²) in [4.78, 5) is 16.9. The van der Waals surface area contributed by atoms with Crippen molar-refractivity contribution in [2.24, 2.45) is 0 Å². The van der Waals surface area contributed by atoms with Gasteiger partial charge in [-0.3, -0.25) is 9.25 Å². The molecule has 6 heteroatoms. The molecule has 1 aromatic heterocycles. The minimum absolute atomic E-state index is 0.378. The van der Waals surface area contributed by atoms with Crippen molar-refractivity contribution in [3.8, 4) is 0 Å². The summed E-state index contributed by atoms with van der Waals surface area (Å²) in [6.07, 6.45) is 2.34. The van der Waals surface area contributed by atoms with E-state index in [0.29, 0.717) is 0 Å². The largest absolute Gasteiger partial charge is 0.346 e. The van der Waals surface area contributed by atoms with Crippen molar-refractivity contribution in [3.05, 3.63) is 18.5 Å². The number of nitrogens with zero attached hydrogens (tertiary/aromatic N) is 2. The summed E-state index contributed by atoms with van der Waals surface area (Å²) in [5.74, 6) is 0. The highest BCUT2D eigenvalue weighted by molar-refractivity contribution is 7.50. The van der Waals surface area contributed by atoms with Gasteiger partial charge >= 0.3 is 7.60 Å². The Bertz CT molecular complexity index is 239. The van der Waals surface area contributed by atoms with Crippen LogP contribution in [0.25, 0.3) is 0 Å². The molecule has 10 heavy (non-hydrogen) atoms. The summed E-state index contributed by atoms with van der Waals surface area (Å²) in [6.45, 7) is 0. The molecule has 1 aromatic rings. The lowest BCUT2D eigenvalue weighted by atomic mass is 10.8. The molecule has 55 valence electrons. The smallest absolute Gasteiger partial charge is 0.323 e. The normalized spacial score (nSPS) is 11.8. The van der Waals surface area contributed by atoms with Crippen LogP contribution in [0.4, 0.5) is 0 Å². The molecule has 5 nitrogen and oxygen atoms in total. The van der Waals surface area contributed by atoms with Crippen LogP contribution in [0.1, 0.15) is 0 Å². The van der Waals surface area contributed by atoms with E-state index in [9.17, 15) is 4.57 Å². The van der Waals surface area contributed by atoms with Crippen LogP contribution in [0.5, 0.6) is 0 Å². The lowest BCUT2D eigenvalue weighted by molar-refractivity contribution is 0.359. The number of rotatable bonds is 2. The Labute approximate surface area is 57.5 Å². The summed E-state index contributed by atoms with van der Waals surface area (Å²) in [5.41, 5.74) is 0. The first-order valence-corrected chi connectivity index (χ1v) is 4.31. The first kappa shape index (κ1) is 7.47. The SMILES string of the molecule is O=P(O)(O)Cn1c[c]cn1. The van der Waals surface area contributed by atoms with Gasteiger partial charge in [0.05, 0.1) is 6.20 Å². The Morgan fingerprint density at radius 1 is 1.70 bits per heavy atom. The number of aromatic nitrogens is 2. The highest BCUT2D eigenvalue weighted by Gasteiger charge is 2.12. The van der Waals surface area contributed by atoms with Gasteiger partial charge in [-0.25, -0.2) is 0 Å². The van der Waals surface area contributed by atoms with Crippen molar-refractivity contribution >= 4 is 7.60 Å². The zero-order valence-corrected chi connectivity index (χ0v) is 5.90. The molecule has 2 N–H and O–H groups in total. The molecule has 0 bridgehead atoms. The Morgan fingerprint density at radius 2 is 2.40 bits per heavy atom. The van der Waals surface area contributed by atoms with Crippen LogP contribution < -0.4 is 0 Å². The molecule has 0 amide bonds. The minimum atomic E-state index is -3.97. The van der Waals surface area contributed by atoms with Crippen LogP contribution in [0.3, 0.4) is 0 Å². The van der Waals surface area contributed by atoms with Gasteiger partial charge in [0, 0.05) is 12.3 Å². The quantitative estimate of drug-likeness (QED) is 0.590. The molecule has 1 radical (unpaired) electrons. The predicted octanol–water partition coefficient (Wildman–Crippen LogP) is -0.182. The van der Waals surface area contributed by atoms with Gasteiger partial charge in [-0.15, -0.1) is 0 Å². The van der Waals surface area contributed by atoms with Crippen molar-refractivity contribution in [1.29, 1.82) is 0 Å². The topological polar surface area (TPSA) is 75.3 Å². The van der Waals surface area contributed by atoms with Gasteiger partial charge in [0.25, 0.3) is 0 Å². The molecular formula is C4H6N2O3P. The maximum Gasteiger partial charge on any atom is 0.346 e. The second-order valence-corrected chi connectivity index (χ2v) is 3.40. The highest BCUT2D eigenvalue weighted by Crippen LogP contribution is 2.35. The van der Waals surface area contributed by atoms with Gasteiger partial charge in [0.1, 0.15) is 6.29 Å². The molecule has 1 rings (SSSR count). The molecule has 0 saturated heterocycles. The van der Waals surface area contributed by atoms with Crippen LogP contribution >= 0.6 is 7.60 Å². The average Bonchev–Trinajstić information content (AvgIpc) is 2.12. The molecule has 0 fully saturated rings. The second kappa shape index (κ2) is 2.54. The van der Waals surface area contributed by atoms with E-state index in [1.165, 1.54) is 12.4 Å². The lowest BCUT2D eigenvalue weighted by Gasteiger charge is -2.01. The molecule has 0 atom stereocenters. The first-order valence-electron chi connectivity index (χ1n) is 2.51. The van der Waals surface area contributed by atoms with Crippen LogP contribution in [-0.2, 0) is 10.9 Å². The van der Waals surface area contributed by atoms with Crippen molar-refractivity contribution in [3.63, 3.8) is 0 Å². The second-order valence-electron chi connectivity index (χ2n) is 1.79. The highest BCUT2D eigenvalue weighted by atomic mass is 31.2. The molecule has 1 heterocycles. The molecule has 0 unspecified atom stereocenters. The summed E-state index contributed by atoms with van der Waals surface area (Å²) in [6, 6.07) is 2.56. The zero-order chi connectivity index (χ0) is 7.61. The summed E-state index contributed by atoms with van der Waals surface area (Å²) in [7, 11) is -3.97. The van der Waals surface area contributed by atoms with Crippen LogP contribution in [0.2, 0.25) is 0 Å². The summed E-state index contributed by atoms with van der Waals surface area (Å²) in [5, 5.41) is 3.57. The molecule has 0 saturated carbocycles. The van der Waals surface area contributed by atoms with Gasteiger partial charge in [0.2, 0.25) is 0 Å². The maximum atomic E-state index is 10.3. The van der Waals surface area contributed by atoms with Gasteiger partial charge < -0.3 is 9.79 Å². The van der Waals surface area contributed by atoms with Crippen molar-refractivity contribution in [2.45, 2.75) is 6.29 Å². The third-order valence-corrected chi connectivity index (χ3v) is 1.49. The van der Waals surface area contributed by atoms with E-state index in [1.54, 1.807) is 0 Å².